The van der Waals surface area contributed by atoms with Crippen molar-refractivity contribution in [1.82, 2.24) is 0 Å². The number of benzene rings is 3. The van der Waals surface area contributed by atoms with Crippen LogP contribution in [0, 0.1) is 11.7 Å². The quantitative estimate of drug-likeness (QED) is 0.444. The maximum atomic E-state index is 14.4. The number of imide groups is 1. The van der Waals surface area contributed by atoms with Gasteiger partial charge in [-0.1, -0.05) is 42.5 Å². The Bertz CT molecular complexity index is 1140. The Balaban J connectivity index is 1.59. The molecular formula is C24H19FN2O3S. The van der Waals surface area contributed by atoms with Gasteiger partial charge >= 0.3 is 0 Å². The monoisotopic (exact) mass is 434 g/mol. The van der Waals surface area contributed by atoms with E-state index in [4.69, 9.17) is 4.84 Å². The fourth-order valence-electron chi connectivity index (χ4n) is 4.22. The highest BCUT2D eigenvalue weighted by atomic mass is 32.2. The van der Waals surface area contributed by atoms with Crippen LogP contribution in [0.5, 0.6) is 0 Å². The van der Waals surface area contributed by atoms with E-state index in [0.717, 1.165) is 21.0 Å². The molecule has 0 spiro atoms. The highest BCUT2D eigenvalue weighted by molar-refractivity contribution is 7.98. The minimum Gasteiger partial charge on any atom is -0.273 e. The number of hydrogen-bond acceptors (Lipinski definition) is 5. The summed E-state index contributed by atoms with van der Waals surface area (Å²) in [6.07, 6.45) is 0.975. The van der Waals surface area contributed by atoms with E-state index in [9.17, 15) is 14.0 Å². The molecule has 2 fully saturated rings. The number of halogens is 1. The molecule has 5 nitrogen and oxygen atoms in total. The van der Waals surface area contributed by atoms with Crippen molar-refractivity contribution in [2.75, 3.05) is 16.2 Å². The van der Waals surface area contributed by atoms with Crippen LogP contribution in [-0.2, 0) is 14.4 Å². The number of carbonyl (C=O) groups excluding carboxylic acids is 2. The Morgan fingerprint density at radius 2 is 1.55 bits per heavy atom. The molecule has 31 heavy (non-hydrogen) atoms. The van der Waals surface area contributed by atoms with E-state index in [1.807, 2.05) is 60.9 Å². The lowest BCUT2D eigenvalue weighted by atomic mass is 9.90. The molecule has 7 heteroatoms. The van der Waals surface area contributed by atoms with Gasteiger partial charge in [0.1, 0.15) is 11.7 Å². The summed E-state index contributed by atoms with van der Waals surface area (Å²) in [7, 11) is 0. The lowest BCUT2D eigenvalue weighted by Gasteiger charge is -2.29. The number of para-hydroxylation sites is 2. The second kappa shape index (κ2) is 7.83. The van der Waals surface area contributed by atoms with Crippen LogP contribution in [0.15, 0.2) is 83.8 Å². The zero-order valence-electron chi connectivity index (χ0n) is 16.6. The van der Waals surface area contributed by atoms with Crippen molar-refractivity contribution in [2.45, 2.75) is 17.0 Å². The average Bonchev–Trinajstić information content (AvgIpc) is 3.31. The van der Waals surface area contributed by atoms with Gasteiger partial charge in [-0.15, -0.1) is 11.8 Å². The van der Waals surface area contributed by atoms with E-state index < -0.39 is 35.7 Å². The smallest absolute Gasteiger partial charge is 0.266 e. The molecule has 0 aliphatic carbocycles. The molecule has 3 aromatic carbocycles. The van der Waals surface area contributed by atoms with Gasteiger partial charge in [-0.05, 0) is 48.2 Å². The normalized spacial score (nSPS) is 22.8. The maximum Gasteiger partial charge on any atom is 0.266 e. The molecule has 2 amide bonds. The first-order chi connectivity index (χ1) is 15.1. The van der Waals surface area contributed by atoms with Crippen molar-refractivity contribution < 1.29 is 18.8 Å². The summed E-state index contributed by atoms with van der Waals surface area (Å²) < 4.78 is 14.4. The summed E-state index contributed by atoms with van der Waals surface area (Å²) >= 11 is 1.62. The lowest BCUT2D eigenvalue weighted by molar-refractivity contribution is -0.126. The number of hydroxylamine groups is 1. The number of nitrogens with zero attached hydrogens (tertiary/aromatic N) is 2. The maximum absolute atomic E-state index is 14.4. The molecule has 156 valence electrons. The number of hydrogen-bond donors (Lipinski definition) is 0. The third-order valence-corrected chi connectivity index (χ3v) is 6.42. The molecule has 2 aliphatic rings. The van der Waals surface area contributed by atoms with Gasteiger partial charge in [0, 0.05) is 4.90 Å². The first-order valence-electron chi connectivity index (χ1n) is 9.87. The van der Waals surface area contributed by atoms with E-state index in [-0.39, 0.29) is 5.69 Å². The Labute approximate surface area is 183 Å². The summed E-state index contributed by atoms with van der Waals surface area (Å²) in [4.78, 5) is 34.7. The summed E-state index contributed by atoms with van der Waals surface area (Å²) in [5.74, 6) is -2.42. The SMILES string of the molecule is CSc1ccc([C@H]2[C@H]3C(=O)N(c4ccccc4F)C(=O)[C@H]3ON2c2ccccc2)cc1. The van der Waals surface area contributed by atoms with Crippen LogP contribution in [0.2, 0.25) is 0 Å². The molecule has 5 rings (SSSR count). The fourth-order valence-corrected chi connectivity index (χ4v) is 4.63. The van der Waals surface area contributed by atoms with Crippen molar-refractivity contribution >= 4 is 35.0 Å². The number of rotatable bonds is 4. The third kappa shape index (κ3) is 3.21. The molecule has 0 N–H and O–H groups in total. The Morgan fingerprint density at radius 3 is 2.23 bits per heavy atom. The zero-order chi connectivity index (χ0) is 21.5. The molecule has 0 bridgehead atoms. The average molecular weight is 434 g/mol. The van der Waals surface area contributed by atoms with Crippen LogP contribution in [0.1, 0.15) is 11.6 Å². The summed E-state index contributed by atoms with van der Waals surface area (Å²) in [5, 5.41) is 1.64. The zero-order valence-corrected chi connectivity index (χ0v) is 17.5. The van der Waals surface area contributed by atoms with E-state index in [1.165, 1.54) is 18.2 Å². The highest BCUT2D eigenvalue weighted by Crippen LogP contribution is 2.47. The molecule has 2 heterocycles. The van der Waals surface area contributed by atoms with Gasteiger partial charge in [-0.2, -0.15) is 0 Å². The van der Waals surface area contributed by atoms with Gasteiger partial charge in [-0.3, -0.25) is 14.4 Å². The number of carbonyl (C=O) groups is 2. The van der Waals surface area contributed by atoms with Crippen LogP contribution in [0.25, 0.3) is 0 Å². The van der Waals surface area contributed by atoms with Gasteiger partial charge < -0.3 is 0 Å². The summed E-state index contributed by atoms with van der Waals surface area (Å²) in [6.45, 7) is 0. The number of amides is 2. The molecule has 0 unspecified atom stereocenters. The molecule has 3 atom stereocenters. The standard InChI is InChI=1S/C24H19FN2O3S/c1-31-17-13-11-15(12-14-17)21-20-22(30-27(21)16-7-3-2-4-8-16)24(29)26(23(20)28)19-10-6-5-9-18(19)25/h2-14,20-22H,1H3/t20-,21+,22+/m1/s1. The second-order valence-corrected chi connectivity index (χ2v) is 8.27. The van der Waals surface area contributed by atoms with Crippen molar-refractivity contribution in [3.8, 4) is 0 Å². The molecule has 3 aromatic rings. The molecule has 0 saturated carbocycles. The van der Waals surface area contributed by atoms with E-state index in [2.05, 4.69) is 0 Å². The van der Waals surface area contributed by atoms with Crippen molar-refractivity contribution in [3.63, 3.8) is 0 Å². The number of thioether (sulfide) groups is 1. The lowest BCUT2D eigenvalue weighted by Crippen LogP contribution is -2.37. The van der Waals surface area contributed by atoms with Crippen LogP contribution in [-0.4, -0.2) is 24.2 Å². The molecular weight excluding hydrogens is 415 g/mol. The van der Waals surface area contributed by atoms with E-state index in [1.54, 1.807) is 22.9 Å². The predicted molar refractivity (Wildman–Crippen MR) is 117 cm³/mol. The van der Waals surface area contributed by atoms with Crippen LogP contribution < -0.4 is 9.96 Å². The summed E-state index contributed by atoms with van der Waals surface area (Å²) in [6, 6.07) is 22.5. The van der Waals surface area contributed by atoms with Crippen molar-refractivity contribution in [1.29, 1.82) is 0 Å². The predicted octanol–water partition coefficient (Wildman–Crippen LogP) is 4.60. The first kappa shape index (κ1) is 19.8. The van der Waals surface area contributed by atoms with Crippen LogP contribution >= 0.6 is 11.8 Å². The molecule has 0 aromatic heterocycles. The van der Waals surface area contributed by atoms with Gasteiger partial charge in [0.05, 0.1) is 17.4 Å². The van der Waals surface area contributed by atoms with E-state index in [0.29, 0.717) is 0 Å². The minimum atomic E-state index is -1.02. The van der Waals surface area contributed by atoms with Crippen molar-refractivity contribution in [3.05, 3.63) is 90.2 Å². The van der Waals surface area contributed by atoms with Gasteiger partial charge in [0.15, 0.2) is 6.10 Å². The van der Waals surface area contributed by atoms with Gasteiger partial charge in [0.25, 0.3) is 5.91 Å². The Kier molecular flexibility index (Phi) is 5.00. The minimum absolute atomic E-state index is 0.0433. The molecule has 0 radical (unpaired) electrons. The molecule has 2 aliphatic heterocycles. The largest absolute Gasteiger partial charge is 0.273 e. The van der Waals surface area contributed by atoms with Gasteiger partial charge in [0.2, 0.25) is 5.91 Å². The van der Waals surface area contributed by atoms with Gasteiger partial charge in [-0.25, -0.2) is 14.4 Å². The van der Waals surface area contributed by atoms with E-state index >= 15 is 0 Å². The fraction of sp³-hybridized carbons (Fsp3) is 0.167. The topological polar surface area (TPSA) is 49.9 Å². The molecule has 2 saturated heterocycles. The first-order valence-corrected chi connectivity index (χ1v) is 11.1. The number of fused-ring (bicyclic) bond motifs is 1. The van der Waals surface area contributed by atoms with Crippen LogP contribution in [0.4, 0.5) is 15.8 Å². The Morgan fingerprint density at radius 1 is 0.871 bits per heavy atom. The van der Waals surface area contributed by atoms with Crippen molar-refractivity contribution in [2.24, 2.45) is 5.92 Å². The number of anilines is 2. The highest BCUT2D eigenvalue weighted by Gasteiger charge is 2.60. The third-order valence-electron chi connectivity index (χ3n) is 5.68. The van der Waals surface area contributed by atoms with Crippen LogP contribution in [0.3, 0.4) is 0 Å². The second-order valence-electron chi connectivity index (χ2n) is 7.39. The summed E-state index contributed by atoms with van der Waals surface area (Å²) in [5.41, 5.74) is 1.55. The Hall–Kier alpha value is -3.16.